The number of pyridine rings is 1. The molecule has 0 saturated carbocycles. The van der Waals surface area contributed by atoms with Gasteiger partial charge >= 0.3 is 0 Å². The summed E-state index contributed by atoms with van der Waals surface area (Å²) in [5, 5.41) is 20.9. The van der Waals surface area contributed by atoms with Gasteiger partial charge in [0.1, 0.15) is 24.4 Å². The zero-order valence-corrected chi connectivity index (χ0v) is 8.95. The molecule has 2 aliphatic rings. The fourth-order valence-electron chi connectivity index (χ4n) is 2.72. The Morgan fingerprint density at radius 2 is 2.06 bits per heavy atom. The lowest BCUT2D eigenvalue weighted by Gasteiger charge is -2.23. The molecule has 1 saturated heterocycles. The minimum atomic E-state index is -0.875. The molecule has 86 valence electrons. The molecule has 1 aromatic heterocycles. The van der Waals surface area contributed by atoms with Gasteiger partial charge in [0, 0.05) is 17.1 Å². The van der Waals surface area contributed by atoms with E-state index < -0.39 is 12.2 Å². The molecule has 2 aromatic rings. The van der Waals surface area contributed by atoms with Gasteiger partial charge in [0.2, 0.25) is 0 Å². The fraction of sp³-hybridized carbons (Fsp3) is 0.308. The Labute approximate surface area is 97.5 Å². The van der Waals surface area contributed by atoms with Gasteiger partial charge in [-0.25, -0.2) is 0 Å². The van der Waals surface area contributed by atoms with Crippen molar-refractivity contribution < 1.29 is 14.9 Å². The molecule has 2 heterocycles. The van der Waals surface area contributed by atoms with Crippen molar-refractivity contribution in [3.63, 3.8) is 0 Å². The molecule has 1 fully saturated rings. The second-order valence-corrected chi connectivity index (χ2v) is 4.60. The third-order valence-electron chi connectivity index (χ3n) is 3.64. The second-order valence-electron chi connectivity index (χ2n) is 4.60. The summed E-state index contributed by atoms with van der Waals surface area (Å²) in [4.78, 5) is 4.36. The molecule has 1 aliphatic carbocycles. The molecule has 4 rings (SSSR count). The monoisotopic (exact) mass is 229 g/mol. The average Bonchev–Trinajstić information content (AvgIpc) is 3.15. The molecule has 2 N–H and O–H groups in total. The number of epoxide rings is 1. The van der Waals surface area contributed by atoms with Crippen LogP contribution in [-0.4, -0.2) is 27.4 Å². The number of fused-ring (bicyclic) bond motifs is 5. The first-order chi connectivity index (χ1) is 8.27. The van der Waals surface area contributed by atoms with Crippen molar-refractivity contribution in [1.82, 2.24) is 4.98 Å². The van der Waals surface area contributed by atoms with Crippen molar-refractivity contribution in [1.29, 1.82) is 0 Å². The van der Waals surface area contributed by atoms with E-state index in [4.69, 9.17) is 4.74 Å². The van der Waals surface area contributed by atoms with Crippen molar-refractivity contribution in [3.8, 4) is 0 Å². The lowest BCUT2D eigenvalue weighted by atomic mass is 9.86. The zero-order valence-electron chi connectivity index (χ0n) is 8.95. The fourth-order valence-corrected chi connectivity index (χ4v) is 2.72. The van der Waals surface area contributed by atoms with E-state index in [0.29, 0.717) is 0 Å². The summed E-state index contributed by atoms with van der Waals surface area (Å²) in [5.41, 5.74) is 2.54. The second kappa shape index (κ2) is 3.04. The molecule has 0 spiro atoms. The highest BCUT2D eigenvalue weighted by molar-refractivity contribution is 5.84. The molecule has 0 bridgehead atoms. The first-order valence-electron chi connectivity index (χ1n) is 5.66. The maximum absolute atomic E-state index is 10.0. The van der Waals surface area contributed by atoms with Crippen LogP contribution in [0.2, 0.25) is 0 Å². The first kappa shape index (κ1) is 9.53. The molecule has 4 nitrogen and oxygen atoms in total. The minimum absolute atomic E-state index is 0.109. The summed E-state index contributed by atoms with van der Waals surface area (Å²) >= 11 is 0. The van der Waals surface area contributed by atoms with E-state index in [1.165, 1.54) is 0 Å². The highest BCUT2D eigenvalue weighted by atomic mass is 16.6. The Kier molecular flexibility index (Phi) is 1.71. The van der Waals surface area contributed by atoms with E-state index in [1.54, 1.807) is 6.20 Å². The van der Waals surface area contributed by atoms with Gasteiger partial charge in [0.25, 0.3) is 0 Å². The van der Waals surface area contributed by atoms with Gasteiger partial charge in [-0.05, 0) is 11.6 Å². The SMILES string of the molecule is O[C@H]1[C@@H]2O[C@@H]2c2c(ccc3cccnc23)[C@@H]1O. The average molecular weight is 229 g/mol. The van der Waals surface area contributed by atoms with Crippen LogP contribution >= 0.6 is 0 Å². The minimum Gasteiger partial charge on any atom is -0.387 e. The molecule has 1 aromatic carbocycles. The molecule has 0 amide bonds. The summed E-state index contributed by atoms with van der Waals surface area (Å²) in [6, 6.07) is 7.64. The molecule has 0 radical (unpaired) electrons. The van der Waals surface area contributed by atoms with E-state index >= 15 is 0 Å². The van der Waals surface area contributed by atoms with Gasteiger partial charge in [-0.3, -0.25) is 4.98 Å². The van der Waals surface area contributed by atoms with Crippen LogP contribution in [0.15, 0.2) is 30.5 Å². The van der Waals surface area contributed by atoms with Crippen LogP contribution in [0.4, 0.5) is 0 Å². The zero-order chi connectivity index (χ0) is 11.6. The smallest absolute Gasteiger partial charge is 0.118 e. The van der Waals surface area contributed by atoms with Crippen LogP contribution in [0.25, 0.3) is 10.9 Å². The maximum Gasteiger partial charge on any atom is 0.118 e. The van der Waals surface area contributed by atoms with E-state index in [-0.39, 0.29) is 12.2 Å². The van der Waals surface area contributed by atoms with Gasteiger partial charge in [-0.2, -0.15) is 0 Å². The predicted octanol–water partition coefficient (Wildman–Crippen LogP) is 1.08. The standard InChI is InChI=1S/C13H11NO3/c15-10-7-4-3-6-2-1-5-14-9(6)8(7)12-13(17-12)11(10)16/h1-5,10-13,15-16H/t10-,11+,12+,13-/m0/s1. The Balaban J connectivity index is 2.05. The van der Waals surface area contributed by atoms with Crippen LogP contribution in [0.3, 0.4) is 0 Å². The largest absolute Gasteiger partial charge is 0.387 e. The number of aliphatic hydroxyl groups excluding tert-OH is 2. The number of ether oxygens (including phenoxy) is 1. The van der Waals surface area contributed by atoms with Gasteiger partial charge in [-0.1, -0.05) is 18.2 Å². The summed E-state index contributed by atoms with van der Waals surface area (Å²) in [6.07, 6.45) is -0.349. The predicted molar refractivity (Wildman–Crippen MR) is 60.3 cm³/mol. The topological polar surface area (TPSA) is 65.9 Å². The van der Waals surface area contributed by atoms with Crippen LogP contribution in [0.5, 0.6) is 0 Å². The molecule has 0 unspecified atom stereocenters. The molecule has 1 aliphatic heterocycles. The maximum atomic E-state index is 10.0. The Bertz CT molecular complexity index is 613. The van der Waals surface area contributed by atoms with Gasteiger partial charge in [-0.15, -0.1) is 0 Å². The number of hydrogen-bond acceptors (Lipinski definition) is 4. The van der Waals surface area contributed by atoms with Crippen molar-refractivity contribution >= 4 is 10.9 Å². The molecular weight excluding hydrogens is 218 g/mol. The van der Waals surface area contributed by atoms with Crippen LogP contribution in [-0.2, 0) is 4.74 Å². The summed E-state index contributed by atoms with van der Waals surface area (Å²) < 4.78 is 5.45. The van der Waals surface area contributed by atoms with E-state index in [2.05, 4.69) is 4.98 Å². The lowest BCUT2D eigenvalue weighted by Crippen LogP contribution is -2.29. The highest BCUT2D eigenvalue weighted by Gasteiger charge is 2.54. The molecular formula is C13H11NO3. The van der Waals surface area contributed by atoms with Crippen LogP contribution in [0, 0.1) is 0 Å². The molecule has 17 heavy (non-hydrogen) atoms. The number of rotatable bonds is 0. The number of benzene rings is 1. The Morgan fingerprint density at radius 1 is 1.18 bits per heavy atom. The van der Waals surface area contributed by atoms with Gasteiger partial charge < -0.3 is 14.9 Å². The van der Waals surface area contributed by atoms with E-state index in [1.807, 2.05) is 24.3 Å². The first-order valence-corrected chi connectivity index (χ1v) is 5.66. The van der Waals surface area contributed by atoms with Crippen LogP contribution < -0.4 is 0 Å². The number of nitrogens with zero attached hydrogens (tertiary/aromatic N) is 1. The third-order valence-corrected chi connectivity index (χ3v) is 3.64. The quantitative estimate of drug-likeness (QED) is 0.663. The van der Waals surface area contributed by atoms with Crippen molar-refractivity contribution in [2.24, 2.45) is 0 Å². The normalized spacial score (nSPS) is 34.2. The number of aliphatic hydroxyl groups is 2. The summed E-state index contributed by atoms with van der Waals surface area (Å²) in [6.45, 7) is 0. The Hall–Kier alpha value is -1.49. The molecule has 4 atom stereocenters. The summed E-state index contributed by atoms with van der Waals surface area (Å²) in [5.74, 6) is 0. The number of hydrogen-bond donors (Lipinski definition) is 2. The van der Waals surface area contributed by atoms with E-state index in [0.717, 1.165) is 22.0 Å². The lowest BCUT2D eigenvalue weighted by molar-refractivity contribution is 0.0000933. The summed E-state index contributed by atoms with van der Waals surface area (Å²) in [7, 11) is 0. The van der Waals surface area contributed by atoms with Crippen molar-refractivity contribution in [2.45, 2.75) is 24.4 Å². The van der Waals surface area contributed by atoms with Crippen molar-refractivity contribution in [3.05, 3.63) is 41.6 Å². The number of aromatic nitrogens is 1. The van der Waals surface area contributed by atoms with Gasteiger partial charge in [0.15, 0.2) is 0 Å². The third kappa shape index (κ3) is 1.15. The highest BCUT2D eigenvalue weighted by Crippen LogP contribution is 2.52. The van der Waals surface area contributed by atoms with Gasteiger partial charge in [0.05, 0.1) is 5.52 Å². The Morgan fingerprint density at radius 3 is 2.94 bits per heavy atom. The van der Waals surface area contributed by atoms with Crippen molar-refractivity contribution in [2.75, 3.05) is 0 Å². The van der Waals surface area contributed by atoms with E-state index in [9.17, 15) is 10.2 Å². The van der Waals surface area contributed by atoms with Crippen LogP contribution in [0.1, 0.15) is 23.3 Å². The molecule has 4 heteroatoms.